The molecule has 0 saturated carbocycles. The first-order valence-electron chi connectivity index (χ1n) is 10.5. The average molecular weight is 468 g/mol. The summed E-state index contributed by atoms with van der Waals surface area (Å²) in [5, 5.41) is 5.05. The van der Waals surface area contributed by atoms with E-state index in [9.17, 15) is 14.4 Å². The number of anilines is 1. The lowest BCUT2D eigenvalue weighted by molar-refractivity contribution is -0.150. The van der Waals surface area contributed by atoms with Gasteiger partial charge < -0.3 is 19.5 Å². The van der Waals surface area contributed by atoms with E-state index in [-0.39, 0.29) is 19.1 Å². The Morgan fingerprint density at radius 2 is 1.61 bits per heavy atom. The number of carbonyl (C=O) groups excluding carboxylic acids is 3. The highest BCUT2D eigenvalue weighted by atomic mass is 32.1. The molecule has 0 aliphatic rings. The SMILES string of the molecule is CCOC(=O)c1c(-c2ccccc2)csc1NC(=O)c1ccc(O[C@@H](C)C(=O)OCC)cc1. The first-order valence-corrected chi connectivity index (χ1v) is 11.4. The minimum atomic E-state index is -0.765. The third-order valence-corrected chi connectivity index (χ3v) is 5.53. The molecule has 1 atom stereocenters. The van der Waals surface area contributed by atoms with E-state index < -0.39 is 18.0 Å². The molecule has 172 valence electrons. The van der Waals surface area contributed by atoms with Crippen LogP contribution in [0.15, 0.2) is 60.0 Å². The molecule has 1 aromatic heterocycles. The second-order valence-corrected chi connectivity index (χ2v) is 7.81. The van der Waals surface area contributed by atoms with Gasteiger partial charge in [0.25, 0.3) is 5.91 Å². The second kappa shape index (κ2) is 11.3. The van der Waals surface area contributed by atoms with Crippen molar-refractivity contribution in [2.75, 3.05) is 18.5 Å². The predicted molar refractivity (Wildman–Crippen MR) is 127 cm³/mol. The Bertz CT molecular complexity index is 1110. The number of rotatable bonds is 9. The van der Waals surface area contributed by atoms with Crippen molar-refractivity contribution in [1.29, 1.82) is 0 Å². The molecule has 0 aliphatic carbocycles. The van der Waals surface area contributed by atoms with Crippen molar-refractivity contribution < 1.29 is 28.6 Å². The lowest BCUT2D eigenvalue weighted by atomic mass is 10.0. The summed E-state index contributed by atoms with van der Waals surface area (Å²) in [7, 11) is 0. The lowest BCUT2D eigenvalue weighted by Crippen LogP contribution is -2.26. The third kappa shape index (κ3) is 5.98. The summed E-state index contributed by atoms with van der Waals surface area (Å²) in [6.07, 6.45) is -0.765. The third-order valence-electron chi connectivity index (χ3n) is 4.63. The van der Waals surface area contributed by atoms with E-state index in [1.165, 1.54) is 11.3 Å². The van der Waals surface area contributed by atoms with Crippen LogP contribution in [0.4, 0.5) is 5.00 Å². The van der Waals surface area contributed by atoms with E-state index in [0.717, 1.165) is 5.56 Å². The van der Waals surface area contributed by atoms with Crippen molar-refractivity contribution in [3.05, 3.63) is 71.1 Å². The zero-order chi connectivity index (χ0) is 23.8. The van der Waals surface area contributed by atoms with Gasteiger partial charge in [-0.05, 0) is 50.6 Å². The van der Waals surface area contributed by atoms with E-state index in [2.05, 4.69) is 5.32 Å². The molecule has 0 spiro atoms. The molecule has 2 aromatic carbocycles. The second-order valence-electron chi connectivity index (χ2n) is 6.93. The molecule has 8 heteroatoms. The molecule has 3 aromatic rings. The first-order chi connectivity index (χ1) is 15.9. The van der Waals surface area contributed by atoms with Gasteiger partial charge in [0, 0.05) is 16.5 Å². The highest BCUT2D eigenvalue weighted by Crippen LogP contribution is 2.36. The fourth-order valence-corrected chi connectivity index (χ4v) is 4.01. The Hall–Kier alpha value is -3.65. The van der Waals surface area contributed by atoms with Gasteiger partial charge in [0.2, 0.25) is 0 Å². The number of thiophene rings is 1. The molecule has 0 bridgehead atoms. The molecule has 0 aliphatic heterocycles. The summed E-state index contributed by atoms with van der Waals surface area (Å²) in [5.41, 5.74) is 2.25. The number of benzene rings is 2. The van der Waals surface area contributed by atoms with E-state index in [1.54, 1.807) is 45.0 Å². The number of carbonyl (C=O) groups is 3. The molecule has 1 heterocycles. The zero-order valence-electron chi connectivity index (χ0n) is 18.6. The number of amides is 1. The quantitative estimate of drug-likeness (QED) is 0.437. The van der Waals surface area contributed by atoms with Gasteiger partial charge in [-0.2, -0.15) is 0 Å². The molecule has 33 heavy (non-hydrogen) atoms. The molecule has 1 N–H and O–H groups in total. The van der Waals surface area contributed by atoms with E-state index in [4.69, 9.17) is 14.2 Å². The van der Waals surface area contributed by atoms with Gasteiger partial charge in [-0.15, -0.1) is 11.3 Å². The molecular weight excluding hydrogens is 442 g/mol. The first kappa shape index (κ1) is 24.0. The van der Waals surface area contributed by atoms with Crippen LogP contribution < -0.4 is 10.1 Å². The molecule has 7 nitrogen and oxygen atoms in total. The summed E-state index contributed by atoms with van der Waals surface area (Å²) < 4.78 is 15.7. The summed E-state index contributed by atoms with van der Waals surface area (Å²) in [6, 6.07) is 15.8. The Labute approximate surface area is 196 Å². The maximum Gasteiger partial charge on any atom is 0.347 e. The van der Waals surface area contributed by atoms with Crippen LogP contribution in [0.2, 0.25) is 0 Å². The van der Waals surface area contributed by atoms with Crippen molar-refractivity contribution in [3.8, 4) is 16.9 Å². The normalized spacial score (nSPS) is 11.4. The topological polar surface area (TPSA) is 90.9 Å². The molecule has 0 fully saturated rings. The van der Waals surface area contributed by atoms with Crippen molar-refractivity contribution in [1.82, 2.24) is 0 Å². The Morgan fingerprint density at radius 1 is 0.939 bits per heavy atom. The summed E-state index contributed by atoms with van der Waals surface area (Å²) >= 11 is 1.26. The van der Waals surface area contributed by atoms with E-state index in [1.807, 2.05) is 35.7 Å². The molecule has 0 unspecified atom stereocenters. The van der Waals surface area contributed by atoms with Crippen LogP contribution in [0.25, 0.3) is 11.1 Å². The summed E-state index contributed by atoms with van der Waals surface area (Å²) in [6.45, 7) is 5.55. The van der Waals surface area contributed by atoms with Crippen molar-refractivity contribution in [3.63, 3.8) is 0 Å². The van der Waals surface area contributed by atoms with Gasteiger partial charge in [0.05, 0.1) is 13.2 Å². The molecular formula is C25H25NO6S. The van der Waals surface area contributed by atoms with E-state index >= 15 is 0 Å². The monoisotopic (exact) mass is 467 g/mol. The zero-order valence-corrected chi connectivity index (χ0v) is 19.4. The molecule has 3 rings (SSSR count). The van der Waals surface area contributed by atoms with Gasteiger partial charge in [0.15, 0.2) is 6.10 Å². The van der Waals surface area contributed by atoms with E-state index in [0.29, 0.717) is 27.4 Å². The number of nitrogens with one attached hydrogen (secondary N) is 1. The van der Waals surface area contributed by atoms with Crippen LogP contribution in [0.3, 0.4) is 0 Å². The van der Waals surface area contributed by atoms with Crippen LogP contribution in [-0.2, 0) is 14.3 Å². The van der Waals surface area contributed by atoms with Crippen LogP contribution >= 0.6 is 11.3 Å². The van der Waals surface area contributed by atoms with Gasteiger partial charge >= 0.3 is 11.9 Å². The lowest BCUT2D eigenvalue weighted by Gasteiger charge is -2.13. The van der Waals surface area contributed by atoms with Gasteiger partial charge in [-0.3, -0.25) is 4.79 Å². The van der Waals surface area contributed by atoms with Crippen LogP contribution in [0, 0.1) is 0 Å². The summed E-state index contributed by atoms with van der Waals surface area (Å²) in [4.78, 5) is 37.2. The van der Waals surface area contributed by atoms with Crippen LogP contribution in [0.5, 0.6) is 5.75 Å². The highest BCUT2D eigenvalue weighted by Gasteiger charge is 2.23. The van der Waals surface area contributed by atoms with Crippen molar-refractivity contribution in [2.24, 2.45) is 0 Å². The largest absolute Gasteiger partial charge is 0.479 e. The fourth-order valence-electron chi connectivity index (χ4n) is 3.06. The van der Waals surface area contributed by atoms with Gasteiger partial charge in [0.1, 0.15) is 16.3 Å². The highest BCUT2D eigenvalue weighted by molar-refractivity contribution is 7.15. The fraction of sp³-hybridized carbons (Fsp3) is 0.240. The van der Waals surface area contributed by atoms with Crippen LogP contribution in [-0.4, -0.2) is 37.2 Å². The van der Waals surface area contributed by atoms with Crippen molar-refractivity contribution >= 4 is 34.2 Å². The van der Waals surface area contributed by atoms with Crippen molar-refractivity contribution in [2.45, 2.75) is 26.9 Å². The standard InChI is InChI=1S/C25H25NO6S/c1-4-30-24(28)16(3)32-19-13-11-18(12-14-19)22(27)26-23-21(25(29)31-5-2)20(15-33-23)17-9-7-6-8-10-17/h6-16H,4-5H2,1-3H3,(H,26,27)/t16-/m0/s1. The predicted octanol–water partition coefficient (Wildman–Crippen LogP) is 5.17. The maximum absolute atomic E-state index is 12.8. The number of ether oxygens (including phenoxy) is 3. The molecule has 1 amide bonds. The number of hydrogen-bond acceptors (Lipinski definition) is 7. The minimum absolute atomic E-state index is 0.224. The van der Waals surface area contributed by atoms with Gasteiger partial charge in [-0.1, -0.05) is 30.3 Å². The average Bonchev–Trinajstić information content (AvgIpc) is 3.24. The Kier molecular flexibility index (Phi) is 8.21. The van der Waals surface area contributed by atoms with Crippen LogP contribution in [0.1, 0.15) is 41.5 Å². The molecule has 0 saturated heterocycles. The Morgan fingerprint density at radius 3 is 2.24 bits per heavy atom. The maximum atomic E-state index is 12.8. The van der Waals surface area contributed by atoms with Gasteiger partial charge in [-0.25, -0.2) is 9.59 Å². The number of hydrogen-bond donors (Lipinski definition) is 1. The minimum Gasteiger partial charge on any atom is -0.479 e. The Balaban J connectivity index is 1.78. The summed E-state index contributed by atoms with van der Waals surface area (Å²) in [5.74, 6) is -0.906. The number of esters is 2. The smallest absolute Gasteiger partial charge is 0.347 e. The molecule has 0 radical (unpaired) electrons.